The summed E-state index contributed by atoms with van der Waals surface area (Å²) >= 11 is 0. The maximum absolute atomic E-state index is 6.53. The molecule has 0 saturated heterocycles. The lowest BCUT2D eigenvalue weighted by Crippen LogP contribution is -2.10. The van der Waals surface area contributed by atoms with E-state index < -0.39 is 0 Å². The van der Waals surface area contributed by atoms with Gasteiger partial charge in [-0.25, -0.2) is 0 Å². The Hall–Kier alpha value is -6.32. The van der Waals surface area contributed by atoms with Crippen molar-refractivity contribution in [3.8, 4) is 11.1 Å². The van der Waals surface area contributed by atoms with Crippen LogP contribution in [0.2, 0.25) is 0 Å². The Balaban J connectivity index is 1.19. The van der Waals surface area contributed by atoms with Crippen LogP contribution in [0.4, 0.5) is 17.1 Å². The quantitative estimate of drug-likeness (QED) is 0.201. The first-order chi connectivity index (χ1) is 23.3. The van der Waals surface area contributed by atoms with Gasteiger partial charge in [0.25, 0.3) is 0 Å². The lowest BCUT2D eigenvalue weighted by atomic mass is 10.0. The fourth-order valence-electron chi connectivity index (χ4n) is 7.17. The van der Waals surface area contributed by atoms with Gasteiger partial charge >= 0.3 is 0 Å². The Morgan fingerprint density at radius 2 is 1.00 bits per heavy atom. The van der Waals surface area contributed by atoms with Crippen LogP contribution in [0.25, 0.3) is 76.5 Å². The monoisotopic (exact) mass is 601 g/mol. The highest BCUT2D eigenvalue weighted by Crippen LogP contribution is 2.42. The molecule has 2 heterocycles. The summed E-state index contributed by atoms with van der Waals surface area (Å²) in [4.78, 5) is 2.33. The van der Waals surface area contributed by atoms with Crippen molar-refractivity contribution in [2.45, 2.75) is 0 Å². The van der Waals surface area contributed by atoms with Crippen molar-refractivity contribution in [3.63, 3.8) is 0 Å². The van der Waals surface area contributed by atoms with Crippen LogP contribution in [-0.2, 0) is 0 Å². The lowest BCUT2D eigenvalue weighted by molar-refractivity contribution is 0.669. The van der Waals surface area contributed by atoms with Gasteiger partial charge in [-0.1, -0.05) is 97.1 Å². The lowest BCUT2D eigenvalue weighted by Gasteiger charge is -2.26. The van der Waals surface area contributed by atoms with Gasteiger partial charge in [0.1, 0.15) is 22.3 Å². The molecule has 0 N–H and O–H groups in total. The molecular formula is C44H27NO2. The summed E-state index contributed by atoms with van der Waals surface area (Å²) in [5.74, 6) is 0. The van der Waals surface area contributed by atoms with E-state index in [0.29, 0.717) is 0 Å². The first-order valence-corrected chi connectivity index (χ1v) is 15.9. The fourth-order valence-corrected chi connectivity index (χ4v) is 7.17. The smallest absolute Gasteiger partial charge is 0.137 e. The van der Waals surface area contributed by atoms with Crippen molar-refractivity contribution in [1.82, 2.24) is 0 Å². The second-order valence-electron chi connectivity index (χ2n) is 12.2. The van der Waals surface area contributed by atoms with Crippen molar-refractivity contribution in [1.29, 1.82) is 0 Å². The Bertz CT molecular complexity index is 2810. The van der Waals surface area contributed by atoms with Gasteiger partial charge in [0.05, 0.1) is 0 Å². The number of nitrogens with zero attached hydrogens (tertiary/aromatic N) is 1. The number of para-hydroxylation sites is 1. The molecule has 3 nitrogen and oxygen atoms in total. The van der Waals surface area contributed by atoms with Crippen LogP contribution in [0.3, 0.4) is 0 Å². The van der Waals surface area contributed by atoms with Crippen LogP contribution in [0.15, 0.2) is 173 Å². The molecule has 0 aliphatic rings. The van der Waals surface area contributed by atoms with Gasteiger partial charge in [-0.15, -0.1) is 0 Å². The molecule has 0 atom stereocenters. The molecule has 0 aliphatic carbocycles. The molecule has 2 aromatic heterocycles. The number of hydrogen-bond donors (Lipinski definition) is 0. The Morgan fingerprint density at radius 3 is 1.89 bits per heavy atom. The highest BCUT2D eigenvalue weighted by molar-refractivity contribution is 6.19. The molecule has 0 unspecified atom stereocenters. The molecule has 0 saturated carbocycles. The van der Waals surface area contributed by atoms with E-state index in [-0.39, 0.29) is 0 Å². The number of furan rings is 2. The van der Waals surface area contributed by atoms with Gasteiger partial charge in [-0.3, -0.25) is 0 Å². The highest BCUT2D eigenvalue weighted by atomic mass is 16.3. The first-order valence-electron chi connectivity index (χ1n) is 15.9. The molecule has 0 aliphatic heterocycles. The molecule has 0 amide bonds. The minimum Gasteiger partial charge on any atom is -0.456 e. The Labute approximate surface area is 270 Å². The molecule has 10 rings (SSSR count). The Kier molecular flexibility index (Phi) is 5.57. The number of benzene rings is 8. The molecule has 47 heavy (non-hydrogen) atoms. The number of hydrogen-bond acceptors (Lipinski definition) is 3. The molecule has 3 heteroatoms. The summed E-state index contributed by atoms with van der Waals surface area (Å²) < 4.78 is 12.7. The summed E-state index contributed by atoms with van der Waals surface area (Å²) in [6, 6.07) is 57.9. The van der Waals surface area contributed by atoms with E-state index >= 15 is 0 Å². The number of fused-ring (bicyclic) bond motifs is 9. The van der Waals surface area contributed by atoms with Crippen molar-refractivity contribution in [3.05, 3.63) is 164 Å². The van der Waals surface area contributed by atoms with Crippen LogP contribution in [0.5, 0.6) is 0 Å². The maximum Gasteiger partial charge on any atom is 0.137 e. The summed E-state index contributed by atoms with van der Waals surface area (Å²) in [7, 11) is 0. The third-order valence-corrected chi connectivity index (χ3v) is 9.39. The van der Waals surface area contributed by atoms with E-state index in [2.05, 4.69) is 157 Å². The zero-order valence-corrected chi connectivity index (χ0v) is 25.4. The SMILES string of the molecule is c1ccc(-c2cccc(N(c3ccc4c(ccc5oc6ccccc6c54)c3)c3ccc4c(c3)oc3cc5ccccc5cc34)c2)cc1. The molecule has 0 fully saturated rings. The summed E-state index contributed by atoms with van der Waals surface area (Å²) in [6.45, 7) is 0. The van der Waals surface area contributed by atoms with Crippen LogP contribution < -0.4 is 4.90 Å². The van der Waals surface area contributed by atoms with E-state index in [4.69, 9.17) is 8.83 Å². The van der Waals surface area contributed by atoms with Crippen molar-refractivity contribution < 1.29 is 8.83 Å². The second-order valence-corrected chi connectivity index (χ2v) is 12.2. The predicted octanol–water partition coefficient (Wildman–Crippen LogP) is 12.9. The van der Waals surface area contributed by atoms with E-state index in [9.17, 15) is 0 Å². The second kappa shape index (κ2) is 10.1. The zero-order chi connectivity index (χ0) is 30.9. The molecule has 10 aromatic rings. The third kappa shape index (κ3) is 4.14. The fraction of sp³-hybridized carbons (Fsp3) is 0. The van der Waals surface area contributed by atoms with E-state index in [0.717, 1.165) is 71.9 Å². The molecule has 0 radical (unpaired) electrons. The minimum atomic E-state index is 0.865. The average molecular weight is 602 g/mol. The molecule has 0 bridgehead atoms. The summed E-state index contributed by atoms with van der Waals surface area (Å²) in [5, 5.41) is 9.24. The van der Waals surface area contributed by atoms with E-state index in [1.54, 1.807) is 0 Å². The maximum atomic E-state index is 6.53. The normalized spacial score (nSPS) is 11.8. The van der Waals surface area contributed by atoms with Gasteiger partial charge in [-0.2, -0.15) is 0 Å². The topological polar surface area (TPSA) is 29.5 Å². The largest absolute Gasteiger partial charge is 0.456 e. The van der Waals surface area contributed by atoms with Crippen molar-refractivity contribution in [2.24, 2.45) is 0 Å². The van der Waals surface area contributed by atoms with Gasteiger partial charge in [0, 0.05) is 44.7 Å². The number of anilines is 3. The minimum absolute atomic E-state index is 0.865. The third-order valence-electron chi connectivity index (χ3n) is 9.39. The number of rotatable bonds is 4. The van der Waals surface area contributed by atoms with Crippen LogP contribution in [0, 0.1) is 0 Å². The van der Waals surface area contributed by atoms with Gasteiger partial charge in [0.2, 0.25) is 0 Å². The van der Waals surface area contributed by atoms with Crippen molar-refractivity contribution in [2.75, 3.05) is 4.90 Å². The van der Waals surface area contributed by atoms with Crippen molar-refractivity contribution >= 4 is 82.5 Å². The van der Waals surface area contributed by atoms with Crippen LogP contribution >= 0.6 is 0 Å². The molecule has 8 aromatic carbocycles. The van der Waals surface area contributed by atoms with E-state index in [1.807, 2.05) is 12.1 Å². The van der Waals surface area contributed by atoms with Gasteiger partial charge in [0.15, 0.2) is 0 Å². The molecule has 0 spiro atoms. The molecule has 220 valence electrons. The van der Waals surface area contributed by atoms with Crippen LogP contribution in [-0.4, -0.2) is 0 Å². The van der Waals surface area contributed by atoms with Gasteiger partial charge < -0.3 is 13.7 Å². The molecular weight excluding hydrogens is 574 g/mol. The highest BCUT2D eigenvalue weighted by Gasteiger charge is 2.18. The van der Waals surface area contributed by atoms with Crippen LogP contribution in [0.1, 0.15) is 0 Å². The Morgan fingerprint density at radius 1 is 0.319 bits per heavy atom. The summed E-state index contributed by atoms with van der Waals surface area (Å²) in [6.07, 6.45) is 0. The standard InChI is InChI=1S/C44H27NO2/c1-2-9-28(10-3-1)29-13-8-14-33(23-29)45(34-18-20-36-32(24-34)17-22-41-44(36)38-15-6-7-16-40(38)46-41)35-19-21-37-39-25-30-11-4-5-12-31(30)26-42(39)47-43(37)27-35/h1-27H. The van der Waals surface area contributed by atoms with E-state index in [1.165, 1.54) is 21.7 Å². The van der Waals surface area contributed by atoms with Gasteiger partial charge in [-0.05, 0) is 93.3 Å². The summed E-state index contributed by atoms with van der Waals surface area (Å²) in [5.41, 5.74) is 9.09. The zero-order valence-electron chi connectivity index (χ0n) is 25.4. The average Bonchev–Trinajstić information content (AvgIpc) is 3.69. The predicted molar refractivity (Wildman–Crippen MR) is 196 cm³/mol. The first kappa shape index (κ1) is 26.0.